The molecule has 76 heavy (non-hydrogen) atoms. The van der Waals surface area contributed by atoms with Crippen LogP contribution in [0.25, 0.3) is 0 Å². The summed E-state index contributed by atoms with van der Waals surface area (Å²) in [4.78, 5) is 9.21. The van der Waals surface area contributed by atoms with E-state index in [1.807, 2.05) is 11.1 Å². The van der Waals surface area contributed by atoms with E-state index in [-0.39, 0.29) is 30.2 Å². The number of nitrogens with one attached hydrogen (secondary N) is 2. The van der Waals surface area contributed by atoms with Gasteiger partial charge in [-0.1, -0.05) is 123 Å². The maximum absolute atomic E-state index is 11.9. The Labute approximate surface area is 464 Å². The molecule has 0 saturated heterocycles. The smallest absolute Gasteiger partial charge is 0.0965 e. The van der Waals surface area contributed by atoms with Crippen molar-refractivity contribution in [2.24, 2.45) is 46.8 Å². The molecule has 0 bridgehead atoms. The van der Waals surface area contributed by atoms with E-state index in [0.717, 1.165) is 36.2 Å². The molecule has 396 valence electrons. The first-order chi connectivity index (χ1) is 37.4. The van der Waals surface area contributed by atoms with Crippen LogP contribution in [0.1, 0.15) is 183 Å². The predicted molar refractivity (Wildman–Crippen MR) is 316 cm³/mol. The summed E-state index contributed by atoms with van der Waals surface area (Å²) in [6.07, 6.45) is 49.7. The summed E-state index contributed by atoms with van der Waals surface area (Å²) in [6.45, 7) is 5.31. The first-order valence-corrected chi connectivity index (χ1v) is 33.1. The quantitative estimate of drug-likeness (QED) is 0.289. The Hall–Kier alpha value is -3.67. The summed E-state index contributed by atoms with van der Waals surface area (Å²) in [6, 6.07) is 19.3. The number of allylic oxidation sites excluding steroid dienone is 8. The first-order valence-electron chi connectivity index (χ1n) is 31.4. The van der Waals surface area contributed by atoms with Crippen LogP contribution in [-0.2, 0) is 0 Å². The second kappa shape index (κ2) is 19.0. The fourth-order valence-electron chi connectivity index (χ4n) is 20.5. The fourth-order valence-corrected chi connectivity index (χ4v) is 24.1. The molecular formula is C69H83N5S2. The molecule has 0 aromatic heterocycles. The molecule has 5 heterocycles. The number of rotatable bonds is 5. The number of hydrogen-bond donors (Lipinski definition) is 2. The van der Waals surface area contributed by atoms with Crippen LogP contribution in [0.5, 0.6) is 0 Å². The van der Waals surface area contributed by atoms with E-state index in [1.54, 1.807) is 26.5 Å². The van der Waals surface area contributed by atoms with Gasteiger partial charge in [0.15, 0.2) is 0 Å². The zero-order valence-electron chi connectivity index (χ0n) is 45.6. The van der Waals surface area contributed by atoms with Crippen molar-refractivity contribution in [3.05, 3.63) is 135 Å². The lowest BCUT2D eigenvalue weighted by molar-refractivity contribution is 0.0692. The molecular weight excluding hydrogens is 963 g/mol. The highest BCUT2D eigenvalue weighted by Crippen LogP contribution is 2.66. The predicted octanol–water partition coefficient (Wildman–Crippen LogP) is 16.1. The van der Waals surface area contributed by atoms with Gasteiger partial charge in [-0.05, 0) is 190 Å². The molecule has 0 amide bonds. The molecule has 4 fully saturated rings. The van der Waals surface area contributed by atoms with Crippen molar-refractivity contribution >= 4 is 34.9 Å². The SMILES string of the molecule is CC1(C)C2CCCC=C2C2C(C3NC(C4C=CCCC4)C=CC(C4CC(C#N)=C(N5c6ccc7c(c6C6C=CC=CC65)SC5CCCCC75)CC4N4c5ccccc5C5C6SC7=C(CCCC7)C6CCC54)N3)CCCC21. The molecule has 0 radical (unpaired) electrons. The Morgan fingerprint density at radius 1 is 0.684 bits per heavy atom. The molecule has 16 rings (SSSR count). The maximum Gasteiger partial charge on any atom is 0.0965 e. The monoisotopic (exact) mass is 1050 g/mol. The Kier molecular flexibility index (Phi) is 12.1. The molecule has 4 saturated carbocycles. The van der Waals surface area contributed by atoms with Gasteiger partial charge in [0.05, 0.1) is 18.3 Å². The lowest BCUT2D eigenvalue weighted by Crippen LogP contribution is -2.61. The topological polar surface area (TPSA) is 54.3 Å². The van der Waals surface area contributed by atoms with Gasteiger partial charge in [-0.25, -0.2) is 0 Å². The van der Waals surface area contributed by atoms with Crippen molar-refractivity contribution in [2.75, 3.05) is 9.80 Å². The number of anilines is 2. The summed E-state index contributed by atoms with van der Waals surface area (Å²) in [7, 11) is 0. The number of benzene rings is 2. The van der Waals surface area contributed by atoms with Crippen LogP contribution in [0, 0.1) is 58.2 Å². The number of nitrogens with zero attached hydrogens (tertiary/aromatic N) is 3. The van der Waals surface area contributed by atoms with Crippen LogP contribution in [0.2, 0.25) is 0 Å². The molecule has 0 spiro atoms. The van der Waals surface area contributed by atoms with Crippen molar-refractivity contribution in [1.82, 2.24) is 10.6 Å². The van der Waals surface area contributed by atoms with Crippen LogP contribution >= 0.6 is 23.5 Å². The molecule has 2 aromatic rings. The Morgan fingerprint density at radius 2 is 1.55 bits per heavy atom. The highest BCUT2D eigenvalue weighted by atomic mass is 32.2. The summed E-state index contributed by atoms with van der Waals surface area (Å²) < 4.78 is 0. The first kappa shape index (κ1) is 48.3. The minimum atomic E-state index is 0.132. The van der Waals surface area contributed by atoms with E-state index in [2.05, 4.69) is 155 Å². The molecule has 9 aliphatic carbocycles. The summed E-state index contributed by atoms with van der Waals surface area (Å²) in [5.74, 6) is 5.63. The van der Waals surface area contributed by atoms with Crippen LogP contribution < -0.4 is 20.4 Å². The normalized spacial score (nSPS) is 42.1. The van der Waals surface area contributed by atoms with E-state index in [9.17, 15) is 5.26 Å². The zero-order chi connectivity index (χ0) is 50.4. The van der Waals surface area contributed by atoms with Crippen LogP contribution in [0.3, 0.4) is 0 Å². The highest BCUT2D eigenvalue weighted by molar-refractivity contribution is 8.04. The van der Waals surface area contributed by atoms with E-state index in [4.69, 9.17) is 0 Å². The van der Waals surface area contributed by atoms with Crippen molar-refractivity contribution in [1.29, 1.82) is 5.26 Å². The number of fused-ring (bicyclic) bond motifs is 16. The van der Waals surface area contributed by atoms with E-state index < -0.39 is 0 Å². The lowest BCUT2D eigenvalue weighted by atomic mass is 9.65. The van der Waals surface area contributed by atoms with Gasteiger partial charge in [0, 0.05) is 86.4 Å². The molecule has 5 aliphatic heterocycles. The molecule has 18 atom stereocenters. The van der Waals surface area contributed by atoms with Gasteiger partial charge in [-0.15, -0.1) is 23.5 Å². The standard InChI is InChI=1S/C69H83N5S2/c1-69(2)51-25-11-6-21-46(51)63-49(24-16-26-52(63)69)68-71-53(40-17-4-3-5-18-40)33-34-54(72-68)50-37-41(39-70)59(73-55-27-12-7-22-47(55)64-57(73)35-31-44-42-19-9-14-29-61(42)75-66(44)64)38-60(50)74-56-28-13-8-23-48(56)65-58(74)36-32-45-43-20-10-15-30-62(43)76-67(45)65/h4,7-8,12-13,17,21-23,27-28,31,33-35,40,42,45,47,49-55,58,60-61,63,65,67-68,71-72H,3,5-6,9-11,14-16,18-20,24-26,29-30,32,36-38H2,1-2H3. The second-order valence-electron chi connectivity index (χ2n) is 27.3. The lowest BCUT2D eigenvalue weighted by Gasteiger charge is -2.50. The minimum absolute atomic E-state index is 0.132. The highest BCUT2D eigenvalue weighted by Gasteiger charge is 2.59. The Morgan fingerprint density at radius 3 is 2.47 bits per heavy atom. The third-order valence-electron chi connectivity index (χ3n) is 23.7. The Balaban J connectivity index is 0.831. The number of para-hydroxylation sites is 1. The van der Waals surface area contributed by atoms with Gasteiger partial charge in [-0.2, -0.15) is 5.26 Å². The van der Waals surface area contributed by atoms with Gasteiger partial charge in [0.2, 0.25) is 0 Å². The number of nitriles is 1. The molecule has 2 aromatic carbocycles. The number of hydrogen-bond acceptors (Lipinski definition) is 7. The molecule has 5 nitrogen and oxygen atoms in total. The van der Waals surface area contributed by atoms with Gasteiger partial charge in [0.1, 0.15) is 0 Å². The van der Waals surface area contributed by atoms with Crippen LogP contribution in [-0.4, -0.2) is 46.9 Å². The summed E-state index contributed by atoms with van der Waals surface area (Å²) in [5.41, 5.74) is 14.1. The fraction of sp³-hybridized carbons (Fsp3) is 0.609. The average Bonchev–Trinajstić information content (AvgIpc) is 4.26. The maximum atomic E-state index is 11.9. The van der Waals surface area contributed by atoms with Gasteiger partial charge in [-0.3, -0.25) is 10.6 Å². The van der Waals surface area contributed by atoms with E-state index >= 15 is 0 Å². The van der Waals surface area contributed by atoms with Crippen molar-refractivity contribution in [3.8, 4) is 6.07 Å². The van der Waals surface area contributed by atoms with Crippen molar-refractivity contribution in [3.63, 3.8) is 0 Å². The van der Waals surface area contributed by atoms with Crippen molar-refractivity contribution < 1.29 is 0 Å². The largest absolute Gasteiger partial charge is 0.364 e. The third-order valence-corrected chi connectivity index (χ3v) is 26.9. The Bertz CT molecular complexity index is 2950. The van der Waals surface area contributed by atoms with E-state index in [0.29, 0.717) is 63.5 Å². The second-order valence-corrected chi connectivity index (χ2v) is 29.8. The van der Waals surface area contributed by atoms with E-state index in [1.165, 1.54) is 139 Å². The molecule has 2 N–H and O–H groups in total. The van der Waals surface area contributed by atoms with Gasteiger partial charge >= 0.3 is 0 Å². The molecule has 14 aliphatic rings. The molecule has 7 heteroatoms. The minimum Gasteiger partial charge on any atom is -0.364 e. The molecule has 18 unspecified atom stereocenters. The van der Waals surface area contributed by atoms with Crippen molar-refractivity contribution in [2.45, 2.75) is 218 Å². The van der Waals surface area contributed by atoms with Crippen LogP contribution in [0.4, 0.5) is 11.4 Å². The summed E-state index contributed by atoms with van der Waals surface area (Å²) >= 11 is 4.55. The van der Waals surface area contributed by atoms with Crippen LogP contribution in [0.15, 0.2) is 123 Å². The zero-order valence-corrected chi connectivity index (χ0v) is 47.2. The third kappa shape index (κ3) is 7.36. The summed E-state index contributed by atoms with van der Waals surface area (Å²) in [5, 5.41) is 22.4. The average molecular weight is 1050 g/mol. The van der Waals surface area contributed by atoms with Gasteiger partial charge in [0.25, 0.3) is 0 Å². The number of thioether (sulfide) groups is 2. The van der Waals surface area contributed by atoms with Gasteiger partial charge < -0.3 is 9.80 Å².